The van der Waals surface area contributed by atoms with Crippen LogP contribution in [0.25, 0.3) is 0 Å². The first kappa shape index (κ1) is 12.1. The number of aryl methyl sites for hydroxylation is 1. The molecule has 0 saturated carbocycles. The molecular weight excluding hydrogens is 239 g/mol. The molecule has 5 nitrogen and oxygen atoms in total. The molecule has 0 amide bonds. The van der Waals surface area contributed by atoms with Gasteiger partial charge in [-0.2, -0.15) is 0 Å². The Hall–Kier alpha value is -2.37. The molecule has 18 heavy (non-hydrogen) atoms. The molecule has 0 aliphatic carbocycles. The molecule has 0 fully saturated rings. The van der Waals surface area contributed by atoms with Gasteiger partial charge < -0.3 is 14.4 Å². The standard InChI is InChI=1S/C12H11FN2O3/c1-15-7-14-5-10(15)6-18-11-3-8(12(16)17)2-9(13)4-11/h2-5,7H,6H2,1H3,(H,16,17). The molecule has 1 N–H and O–H groups in total. The fourth-order valence-electron chi connectivity index (χ4n) is 1.45. The molecule has 0 aliphatic heterocycles. The molecule has 6 heteroatoms. The highest BCUT2D eigenvalue weighted by atomic mass is 19.1. The third-order valence-corrected chi connectivity index (χ3v) is 2.42. The zero-order valence-electron chi connectivity index (χ0n) is 9.63. The minimum absolute atomic E-state index is 0.144. The lowest BCUT2D eigenvalue weighted by Gasteiger charge is -2.07. The van der Waals surface area contributed by atoms with E-state index in [1.54, 1.807) is 24.1 Å². The largest absolute Gasteiger partial charge is 0.487 e. The van der Waals surface area contributed by atoms with Gasteiger partial charge in [-0.3, -0.25) is 0 Å². The summed E-state index contributed by atoms with van der Waals surface area (Å²) in [4.78, 5) is 14.7. The van der Waals surface area contributed by atoms with Gasteiger partial charge >= 0.3 is 5.97 Å². The summed E-state index contributed by atoms with van der Waals surface area (Å²) in [7, 11) is 1.81. The number of imidazole rings is 1. The Morgan fingerprint density at radius 1 is 1.50 bits per heavy atom. The van der Waals surface area contributed by atoms with Crippen molar-refractivity contribution < 1.29 is 19.0 Å². The monoisotopic (exact) mass is 250 g/mol. The molecule has 0 saturated heterocycles. The van der Waals surface area contributed by atoms with E-state index in [0.29, 0.717) is 0 Å². The third-order valence-electron chi connectivity index (χ3n) is 2.42. The number of hydrogen-bond acceptors (Lipinski definition) is 3. The van der Waals surface area contributed by atoms with E-state index in [-0.39, 0.29) is 17.9 Å². The van der Waals surface area contributed by atoms with Crippen LogP contribution in [0.3, 0.4) is 0 Å². The van der Waals surface area contributed by atoms with Gasteiger partial charge in [-0.05, 0) is 12.1 Å². The van der Waals surface area contributed by atoms with Crippen LogP contribution in [0.1, 0.15) is 16.1 Å². The van der Waals surface area contributed by atoms with Crippen molar-refractivity contribution in [2.24, 2.45) is 7.05 Å². The minimum Gasteiger partial charge on any atom is -0.487 e. The number of aromatic nitrogens is 2. The molecule has 0 radical (unpaired) electrons. The van der Waals surface area contributed by atoms with Crippen molar-refractivity contribution in [3.8, 4) is 5.75 Å². The number of halogens is 1. The van der Waals surface area contributed by atoms with Gasteiger partial charge in [0.25, 0.3) is 0 Å². The highest BCUT2D eigenvalue weighted by molar-refractivity contribution is 5.88. The summed E-state index contributed by atoms with van der Waals surface area (Å²) in [5.74, 6) is -1.66. The lowest BCUT2D eigenvalue weighted by molar-refractivity contribution is 0.0695. The summed E-state index contributed by atoms with van der Waals surface area (Å²) in [5, 5.41) is 8.79. The second-order valence-corrected chi connectivity index (χ2v) is 3.77. The van der Waals surface area contributed by atoms with Crippen molar-refractivity contribution in [1.82, 2.24) is 9.55 Å². The molecule has 94 valence electrons. The first-order chi connectivity index (χ1) is 8.56. The van der Waals surface area contributed by atoms with Crippen LogP contribution in [0.2, 0.25) is 0 Å². The molecule has 0 spiro atoms. The van der Waals surface area contributed by atoms with E-state index < -0.39 is 11.8 Å². The zero-order valence-corrected chi connectivity index (χ0v) is 9.63. The molecule has 2 aromatic rings. The van der Waals surface area contributed by atoms with E-state index in [1.165, 1.54) is 6.07 Å². The topological polar surface area (TPSA) is 64.4 Å². The predicted octanol–water partition coefficient (Wildman–Crippen LogP) is 1.84. The fraction of sp³-hybridized carbons (Fsp3) is 0.167. The Kier molecular flexibility index (Phi) is 3.27. The van der Waals surface area contributed by atoms with Crippen LogP contribution >= 0.6 is 0 Å². The maximum atomic E-state index is 13.2. The maximum absolute atomic E-state index is 13.2. The second-order valence-electron chi connectivity index (χ2n) is 3.77. The molecule has 1 heterocycles. The molecular formula is C12H11FN2O3. The summed E-state index contributed by atoms with van der Waals surface area (Å²) in [6, 6.07) is 3.36. The van der Waals surface area contributed by atoms with Crippen LogP contribution in [0.15, 0.2) is 30.7 Å². The normalized spacial score (nSPS) is 10.3. The molecule has 1 aromatic heterocycles. The Labute approximate surface area is 102 Å². The highest BCUT2D eigenvalue weighted by Gasteiger charge is 2.08. The summed E-state index contributed by atoms with van der Waals surface area (Å²) < 4.78 is 20.3. The molecule has 0 unspecified atom stereocenters. The number of aromatic carboxylic acids is 1. The number of carboxylic acid groups (broad SMARTS) is 1. The average Bonchev–Trinajstić information content (AvgIpc) is 2.71. The molecule has 0 aliphatic rings. The third kappa shape index (κ3) is 2.65. The zero-order chi connectivity index (χ0) is 13.1. The van der Waals surface area contributed by atoms with E-state index in [4.69, 9.17) is 9.84 Å². The smallest absolute Gasteiger partial charge is 0.335 e. The van der Waals surface area contributed by atoms with Crippen LogP contribution < -0.4 is 4.74 Å². The first-order valence-corrected chi connectivity index (χ1v) is 5.18. The Bertz CT molecular complexity index is 580. The van der Waals surface area contributed by atoms with Gasteiger partial charge in [0.1, 0.15) is 18.2 Å². The summed E-state index contributed by atoms with van der Waals surface area (Å²) in [6.07, 6.45) is 3.24. The van der Waals surface area contributed by atoms with Crippen molar-refractivity contribution in [2.45, 2.75) is 6.61 Å². The molecule has 0 bridgehead atoms. The number of hydrogen-bond donors (Lipinski definition) is 1. The molecule has 0 atom stereocenters. The van der Waals surface area contributed by atoms with Crippen molar-refractivity contribution >= 4 is 5.97 Å². The van der Waals surface area contributed by atoms with Crippen molar-refractivity contribution in [3.05, 3.63) is 47.8 Å². The lowest BCUT2D eigenvalue weighted by Crippen LogP contribution is -2.03. The second kappa shape index (κ2) is 4.87. The fourth-order valence-corrected chi connectivity index (χ4v) is 1.45. The number of ether oxygens (including phenoxy) is 1. The number of rotatable bonds is 4. The van der Waals surface area contributed by atoms with E-state index >= 15 is 0 Å². The van der Waals surface area contributed by atoms with E-state index in [0.717, 1.165) is 17.8 Å². The van der Waals surface area contributed by atoms with E-state index in [9.17, 15) is 9.18 Å². The predicted molar refractivity (Wildman–Crippen MR) is 60.9 cm³/mol. The van der Waals surface area contributed by atoms with Crippen LogP contribution in [0.4, 0.5) is 4.39 Å². The number of nitrogens with zero attached hydrogens (tertiary/aromatic N) is 2. The molecule has 2 rings (SSSR count). The highest BCUT2D eigenvalue weighted by Crippen LogP contribution is 2.17. The Morgan fingerprint density at radius 3 is 2.89 bits per heavy atom. The van der Waals surface area contributed by atoms with Gasteiger partial charge in [0, 0.05) is 13.1 Å². The lowest BCUT2D eigenvalue weighted by atomic mass is 10.2. The van der Waals surface area contributed by atoms with E-state index in [1.807, 2.05) is 0 Å². The molecule has 1 aromatic carbocycles. The number of carbonyl (C=O) groups is 1. The first-order valence-electron chi connectivity index (χ1n) is 5.18. The maximum Gasteiger partial charge on any atom is 0.335 e. The van der Waals surface area contributed by atoms with Gasteiger partial charge in [-0.1, -0.05) is 0 Å². The summed E-state index contributed by atoms with van der Waals surface area (Å²) in [5.41, 5.74) is 0.658. The quantitative estimate of drug-likeness (QED) is 0.899. The van der Waals surface area contributed by atoms with Crippen molar-refractivity contribution in [2.75, 3.05) is 0 Å². The Balaban J connectivity index is 2.14. The Morgan fingerprint density at radius 2 is 2.28 bits per heavy atom. The van der Waals surface area contributed by atoms with Crippen molar-refractivity contribution in [1.29, 1.82) is 0 Å². The van der Waals surface area contributed by atoms with Crippen LogP contribution in [-0.2, 0) is 13.7 Å². The van der Waals surface area contributed by atoms with Gasteiger partial charge in [0.15, 0.2) is 0 Å². The van der Waals surface area contributed by atoms with Gasteiger partial charge in [-0.25, -0.2) is 14.2 Å². The van der Waals surface area contributed by atoms with E-state index in [2.05, 4.69) is 4.98 Å². The van der Waals surface area contributed by atoms with Gasteiger partial charge in [-0.15, -0.1) is 0 Å². The van der Waals surface area contributed by atoms with Crippen LogP contribution in [0.5, 0.6) is 5.75 Å². The minimum atomic E-state index is -1.19. The van der Waals surface area contributed by atoms with Crippen LogP contribution in [-0.4, -0.2) is 20.6 Å². The van der Waals surface area contributed by atoms with Gasteiger partial charge in [0.2, 0.25) is 0 Å². The number of benzene rings is 1. The number of carboxylic acids is 1. The van der Waals surface area contributed by atoms with Gasteiger partial charge in [0.05, 0.1) is 23.8 Å². The average molecular weight is 250 g/mol. The summed E-state index contributed by atoms with van der Waals surface area (Å²) in [6.45, 7) is 0.193. The SMILES string of the molecule is Cn1cncc1COc1cc(F)cc(C(=O)O)c1. The van der Waals surface area contributed by atoms with Crippen LogP contribution in [0, 0.1) is 5.82 Å². The van der Waals surface area contributed by atoms with Crippen molar-refractivity contribution in [3.63, 3.8) is 0 Å². The summed E-state index contributed by atoms with van der Waals surface area (Å²) >= 11 is 0.